The van der Waals surface area contributed by atoms with Crippen LogP contribution in [0.25, 0.3) is 0 Å². The molecule has 0 radical (unpaired) electrons. The zero-order valence-electron chi connectivity index (χ0n) is 19.7. The van der Waals surface area contributed by atoms with Crippen molar-refractivity contribution in [2.45, 2.75) is 38.7 Å². The average molecular weight is 550 g/mol. The van der Waals surface area contributed by atoms with Gasteiger partial charge in [-0.1, -0.05) is 32.5 Å². The van der Waals surface area contributed by atoms with Crippen molar-refractivity contribution in [3.05, 3.63) is 53.1 Å². The molecule has 36 heavy (non-hydrogen) atoms. The van der Waals surface area contributed by atoms with Crippen LogP contribution in [0, 0.1) is 0 Å². The first-order valence-corrected chi connectivity index (χ1v) is 12.3. The maximum absolute atomic E-state index is 13.2. The molecule has 2 heterocycles. The summed E-state index contributed by atoms with van der Waals surface area (Å²) in [5.74, 6) is -1.98. The second-order valence-electron chi connectivity index (χ2n) is 8.02. The monoisotopic (exact) mass is 549 g/mol. The third-order valence-corrected chi connectivity index (χ3v) is 8.08. The number of piperazine rings is 1. The fraction of sp³-hybridized carbons (Fsp3) is 0.417. The van der Waals surface area contributed by atoms with Gasteiger partial charge in [-0.15, -0.1) is 0 Å². The minimum absolute atomic E-state index is 0. The predicted octanol–water partition coefficient (Wildman–Crippen LogP) is -0.0357. The summed E-state index contributed by atoms with van der Waals surface area (Å²) in [5.41, 5.74) is 2.20. The van der Waals surface area contributed by atoms with Gasteiger partial charge in [0.2, 0.25) is 15.9 Å². The first-order valence-electron chi connectivity index (χ1n) is 10.5. The van der Waals surface area contributed by atoms with Crippen LogP contribution in [-0.4, -0.2) is 73.6 Å². The molecule has 2 aromatic carbocycles. The van der Waals surface area contributed by atoms with Gasteiger partial charge < -0.3 is 21.4 Å². The number of amides is 1. The van der Waals surface area contributed by atoms with Crippen LogP contribution >= 0.6 is 11.6 Å². The molecule has 2 N–H and O–H groups in total. The number of rotatable bonds is 6. The van der Waals surface area contributed by atoms with Gasteiger partial charge in [-0.3, -0.25) is 4.79 Å². The van der Waals surface area contributed by atoms with E-state index >= 15 is 0 Å². The molecule has 1 atom stereocenters. The summed E-state index contributed by atoms with van der Waals surface area (Å²) in [5, 5.41) is 18.9. The molecule has 2 aromatic rings. The molecule has 0 bridgehead atoms. The standard InChI is InChI=1S/C22H24ClN3O6S.2CH4.Na.H/c23-16-2-1-3-17(13-16)24-8-10-25(11-9-24)33(31,32)18-4-5-19-15(12-18)6-7-26(19)21(28)14-20(27)22(29)30;;;;/h1-5,12-13,20,27H,6-11,14H2,(H,29,30);2*1H4;;/q;;;+1;-1. The molecule has 0 aliphatic carbocycles. The van der Waals surface area contributed by atoms with Crippen LogP contribution in [0.15, 0.2) is 47.4 Å². The second-order valence-corrected chi connectivity index (χ2v) is 10.4. The molecule has 1 amide bonds. The van der Waals surface area contributed by atoms with Crippen molar-refractivity contribution in [1.29, 1.82) is 0 Å². The van der Waals surface area contributed by atoms with E-state index in [9.17, 15) is 23.1 Å². The average Bonchev–Trinajstić information content (AvgIpc) is 3.22. The molecule has 194 valence electrons. The van der Waals surface area contributed by atoms with E-state index in [2.05, 4.69) is 4.90 Å². The second kappa shape index (κ2) is 13.2. The molecule has 0 spiro atoms. The number of carboxylic acid groups (broad SMARTS) is 1. The number of nitrogens with zero attached hydrogens (tertiary/aromatic N) is 3. The number of aliphatic hydroxyl groups excluding tert-OH is 1. The Bertz CT molecular complexity index is 1190. The number of aliphatic carboxylic acids is 1. The first-order chi connectivity index (χ1) is 15.7. The summed E-state index contributed by atoms with van der Waals surface area (Å²) in [6.07, 6.45) is -1.85. The number of hydrogen-bond donors (Lipinski definition) is 2. The number of fused-ring (bicyclic) bond motifs is 1. The number of carboxylic acids is 1. The van der Waals surface area contributed by atoms with E-state index < -0.39 is 34.4 Å². The van der Waals surface area contributed by atoms with Crippen LogP contribution in [0.1, 0.15) is 28.3 Å². The molecular weight excluding hydrogens is 517 g/mol. The molecule has 12 heteroatoms. The number of aliphatic hydroxyl groups is 1. The van der Waals surface area contributed by atoms with Crippen molar-refractivity contribution < 1.29 is 59.2 Å². The fourth-order valence-electron chi connectivity index (χ4n) is 4.17. The van der Waals surface area contributed by atoms with Crippen molar-refractivity contribution in [2.75, 3.05) is 42.5 Å². The Hall–Kier alpha value is -1.66. The van der Waals surface area contributed by atoms with Crippen LogP contribution in [0.5, 0.6) is 0 Å². The van der Waals surface area contributed by atoms with Crippen LogP contribution < -0.4 is 39.4 Å². The van der Waals surface area contributed by atoms with Crippen molar-refractivity contribution in [2.24, 2.45) is 0 Å². The van der Waals surface area contributed by atoms with Crippen LogP contribution in [0.3, 0.4) is 0 Å². The third kappa shape index (κ3) is 6.80. The van der Waals surface area contributed by atoms with Gasteiger partial charge >= 0.3 is 35.5 Å². The van der Waals surface area contributed by atoms with E-state index in [1.54, 1.807) is 18.2 Å². The Labute approximate surface area is 241 Å². The summed E-state index contributed by atoms with van der Waals surface area (Å²) >= 11 is 6.06. The van der Waals surface area contributed by atoms with Crippen LogP contribution in [-0.2, 0) is 26.0 Å². The van der Waals surface area contributed by atoms with E-state index in [1.807, 2.05) is 18.2 Å². The molecule has 2 aliphatic rings. The van der Waals surface area contributed by atoms with Crippen LogP contribution in [0.2, 0.25) is 5.02 Å². The smallest absolute Gasteiger partial charge is 1.00 e. The zero-order valence-corrected chi connectivity index (χ0v) is 22.3. The van der Waals surface area contributed by atoms with E-state index in [0.29, 0.717) is 55.4 Å². The SMILES string of the molecule is C.C.O=C(O)C(O)CC(=O)N1CCc2cc(S(=O)(=O)N3CCN(c4cccc(Cl)c4)CC3)ccc21.[H-].[Na+]. The zero-order chi connectivity index (χ0) is 23.8. The predicted molar refractivity (Wildman–Crippen MR) is 138 cm³/mol. The Kier molecular flexibility index (Phi) is 11.9. The van der Waals surface area contributed by atoms with Gasteiger partial charge in [-0.2, -0.15) is 4.31 Å². The van der Waals surface area contributed by atoms with E-state index in [4.69, 9.17) is 16.7 Å². The summed E-state index contributed by atoms with van der Waals surface area (Å²) in [6.45, 7) is 2.06. The van der Waals surface area contributed by atoms with Crippen molar-refractivity contribution in [1.82, 2.24) is 4.31 Å². The number of benzene rings is 2. The molecule has 1 fully saturated rings. The fourth-order valence-corrected chi connectivity index (χ4v) is 5.83. The van der Waals surface area contributed by atoms with E-state index in [-0.39, 0.29) is 50.7 Å². The van der Waals surface area contributed by atoms with Gasteiger partial charge in [-0.25, -0.2) is 13.2 Å². The number of halogens is 1. The number of hydrogen-bond acceptors (Lipinski definition) is 6. The normalized spacial score (nSPS) is 16.2. The van der Waals surface area contributed by atoms with Crippen molar-refractivity contribution in [3.8, 4) is 0 Å². The largest absolute Gasteiger partial charge is 1.00 e. The van der Waals surface area contributed by atoms with Gasteiger partial charge in [0.1, 0.15) is 0 Å². The van der Waals surface area contributed by atoms with Gasteiger partial charge in [0.05, 0.1) is 11.3 Å². The maximum atomic E-state index is 13.2. The number of carbonyl (C=O) groups is 2. The van der Waals surface area contributed by atoms with Gasteiger partial charge in [0.25, 0.3) is 0 Å². The molecule has 1 saturated heterocycles. The molecule has 4 rings (SSSR count). The van der Waals surface area contributed by atoms with Gasteiger partial charge in [0.15, 0.2) is 6.10 Å². The van der Waals surface area contributed by atoms with Crippen LogP contribution in [0.4, 0.5) is 11.4 Å². The topological polar surface area (TPSA) is 118 Å². The van der Waals surface area contributed by atoms with E-state index in [1.165, 1.54) is 15.3 Å². The summed E-state index contributed by atoms with van der Waals surface area (Å²) in [7, 11) is -3.71. The first kappa shape index (κ1) is 32.4. The molecule has 0 aromatic heterocycles. The van der Waals surface area contributed by atoms with Gasteiger partial charge in [0, 0.05) is 49.1 Å². The Balaban J connectivity index is 0.00000324. The quantitative estimate of drug-likeness (QED) is 0.486. The molecule has 2 aliphatic heterocycles. The molecule has 1 unspecified atom stereocenters. The number of carbonyl (C=O) groups excluding carboxylic acids is 1. The van der Waals surface area contributed by atoms with E-state index in [0.717, 1.165) is 5.69 Å². The van der Waals surface area contributed by atoms with Crippen molar-refractivity contribution in [3.63, 3.8) is 0 Å². The third-order valence-electron chi connectivity index (χ3n) is 5.95. The van der Waals surface area contributed by atoms with Gasteiger partial charge in [-0.05, 0) is 48.4 Å². The number of sulfonamides is 1. The minimum atomic E-state index is -3.71. The number of anilines is 2. The Morgan fingerprint density at radius 3 is 2.31 bits per heavy atom. The molecule has 9 nitrogen and oxygen atoms in total. The molecule has 0 saturated carbocycles. The summed E-state index contributed by atoms with van der Waals surface area (Å²) < 4.78 is 27.9. The maximum Gasteiger partial charge on any atom is 1.00 e. The Morgan fingerprint density at radius 2 is 1.69 bits per heavy atom. The molecular formula is C24H33ClN3NaO6S. The Morgan fingerprint density at radius 1 is 1.03 bits per heavy atom. The van der Waals surface area contributed by atoms with Crippen molar-refractivity contribution >= 4 is 44.9 Å². The summed E-state index contributed by atoms with van der Waals surface area (Å²) in [4.78, 5) is 26.8. The summed E-state index contributed by atoms with van der Waals surface area (Å²) in [6, 6.07) is 12.1. The minimum Gasteiger partial charge on any atom is -1.00 e.